The van der Waals surface area contributed by atoms with Crippen LogP contribution in [0.3, 0.4) is 0 Å². The summed E-state index contributed by atoms with van der Waals surface area (Å²) in [6.07, 6.45) is 0.531. The molecule has 0 radical (unpaired) electrons. The molecule has 2 aliphatic heterocycles. The van der Waals surface area contributed by atoms with Crippen LogP contribution < -0.4 is 9.47 Å². The molecule has 14 nitrogen and oxygen atoms in total. The van der Waals surface area contributed by atoms with Gasteiger partial charge in [-0.1, -0.05) is 36.4 Å². The van der Waals surface area contributed by atoms with Crippen molar-refractivity contribution in [3.05, 3.63) is 143 Å². The molecule has 8 aromatic rings. The second-order valence-electron chi connectivity index (χ2n) is 16.0. The number of rotatable bonds is 8. The zero-order chi connectivity index (χ0) is 46.3. The number of hydrogen-bond donors (Lipinski definition) is 0. The van der Waals surface area contributed by atoms with Crippen molar-refractivity contribution >= 4 is 0 Å². The first-order valence-corrected chi connectivity index (χ1v) is 21.0. The van der Waals surface area contributed by atoms with Crippen molar-refractivity contribution in [3.8, 4) is 46.2 Å². The molecule has 6 aromatic heterocycles. The number of ether oxygens (including phenoxy) is 2. The van der Waals surface area contributed by atoms with Gasteiger partial charge in [0.15, 0.2) is 11.6 Å². The molecule has 0 amide bonds. The van der Waals surface area contributed by atoms with Crippen LogP contribution in [0.5, 0.6) is 11.8 Å². The van der Waals surface area contributed by atoms with E-state index >= 15 is 0 Å². The van der Waals surface area contributed by atoms with Crippen LogP contribution >= 0.6 is 0 Å². The monoisotopic (exact) mass is 908 g/mol. The minimum atomic E-state index is -4.39. The van der Waals surface area contributed by atoms with E-state index in [4.69, 9.17) is 9.47 Å². The second kappa shape index (κ2) is 17.5. The second-order valence-corrected chi connectivity index (χ2v) is 16.0. The number of halogens is 6. The Balaban J connectivity index is 0.000000166. The summed E-state index contributed by atoms with van der Waals surface area (Å²) in [5.74, 6) is 2.52. The first-order chi connectivity index (χ1) is 31.7. The van der Waals surface area contributed by atoms with E-state index in [-0.39, 0.29) is 11.8 Å². The van der Waals surface area contributed by atoms with Crippen molar-refractivity contribution in [3.63, 3.8) is 0 Å². The Morgan fingerprint density at radius 3 is 1.32 bits per heavy atom. The van der Waals surface area contributed by atoms with Crippen molar-refractivity contribution in [2.45, 2.75) is 76.8 Å². The molecule has 0 unspecified atom stereocenters. The van der Waals surface area contributed by atoms with Crippen molar-refractivity contribution in [1.82, 2.24) is 58.6 Å². The van der Waals surface area contributed by atoms with Gasteiger partial charge in [0.1, 0.15) is 34.4 Å². The maximum Gasteiger partial charge on any atom is 0.416 e. The third kappa shape index (κ3) is 8.86. The molecule has 0 N–H and O–H groups in total. The lowest BCUT2D eigenvalue weighted by molar-refractivity contribution is -0.139. The van der Waals surface area contributed by atoms with E-state index in [0.717, 1.165) is 46.5 Å². The molecule has 0 saturated carbocycles. The summed E-state index contributed by atoms with van der Waals surface area (Å²) in [6, 6.07) is 18.8. The first-order valence-electron chi connectivity index (χ1n) is 21.0. The molecule has 2 aliphatic rings. The normalized spacial score (nSPS) is 16.0. The zero-order valence-corrected chi connectivity index (χ0v) is 36.1. The fourth-order valence-corrected chi connectivity index (χ4v) is 8.48. The number of fused-ring (bicyclic) bond motifs is 2. The van der Waals surface area contributed by atoms with E-state index in [2.05, 4.69) is 40.1 Å². The molecule has 10 rings (SSSR count). The fraction of sp³-hybridized carbons (Fsp3) is 0.304. The largest absolute Gasteiger partial charge is 0.479 e. The van der Waals surface area contributed by atoms with Gasteiger partial charge in [-0.2, -0.15) is 26.3 Å². The average Bonchev–Trinajstić information content (AvgIpc) is 4.14. The van der Waals surface area contributed by atoms with E-state index in [0.29, 0.717) is 84.7 Å². The van der Waals surface area contributed by atoms with Crippen molar-refractivity contribution < 1.29 is 35.8 Å². The number of alkyl halides is 6. The van der Waals surface area contributed by atoms with E-state index in [1.54, 1.807) is 58.4 Å². The third-order valence-corrected chi connectivity index (χ3v) is 11.6. The quantitative estimate of drug-likeness (QED) is 0.136. The summed E-state index contributed by atoms with van der Waals surface area (Å²) >= 11 is 0. The molecular weight excluding hydrogens is 867 g/mol. The highest BCUT2D eigenvalue weighted by Crippen LogP contribution is 2.40. The number of methoxy groups -OCH3 is 2. The molecule has 66 heavy (non-hydrogen) atoms. The number of nitrogens with zero attached hydrogens (tertiary/aromatic N) is 12. The molecule has 0 spiro atoms. The Labute approximate surface area is 374 Å². The molecule has 0 bridgehead atoms. The molecule has 0 aliphatic carbocycles. The van der Waals surface area contributed by atoms with Gasteiger partial charge in [-0.05, 0) is 74.2 Å². The highest BCUT2D eigenvalue weighted by molar-refractivity contribution is 5.57. The summed E-state index contributed by atoms with van der Waals surface area (Å²) in [4.78, 5) is 26.8. The van der Waals surface area contributed by atoms with Gasteiger partial charge >= 0.3 is 12.4 Å². The van der Waals surface area contributed by atoms with Gasteiger partial charge in [0.05, 0.1) is 49.4 Å². The van der Waals surface area contributed by atoms with E-state index < -0.39 is 23.5 Å². The predicted octanol–water partition coefficient (Wildman–Crippen LogP) is 9.18. The summed E-state index contributed by atoms with van der Waals surface area (Å²) in [6.45, 7) is 4.45. The van der Waals surface area contributed by atoms with Crippen LogP contribution in [0.15, 0.2) is 97.8 Å². The number of pyridine rings is 2. The van der Waals surface area contributed by atoms with Gasteiger partial charge in [0, 0.05) is 50.2 Å². The number of aromatic nitrogens is 12. The number of aryl methyl sites for hydroxylation is 4. The van der Waals surface area contributed by atoms with Gasteiger partial charge in [0.25, 0.3) is 0 Å². The van der Waals surface area contributed by atoms with Gasteiger partial charge in [-0.3, -0.25) is 0 Å². The van der Waals surface area contributed by atoms with Gasteiger partial charge < -0.3 is 18.6 Å². The molecule has 20 heteroatoms. The van der Waals surface area contributed by atoms with Crippen molar-refractivity contribution in [2.75, 3.05) is 14.2 Å². The lowest BCUT2D eigenvalue weighted by Gasteiger charge is -2.25. The Morgan fingerprint density at radius 1 is 0.545 bits per heavy atom. The summed E-state index contributed by atoms with van der Waals surface area (Å²) in [5, 5.41) is 9.12. The van der Waals surface area contributed by atoms with Crippen LogP contribution in [0.1, 0.15) is 70.0 Å². The standard InChI is InChI=1S/2C23H21F3N6O/c2*1-14-11-31(13-27-14)19-9-8-18(28-22(19)33-2)21-29-20-10-7-15(12-32(20)30-21)16-5-3-4-6-17(16)23(24,25)26/h2*3-6,8-9,11,13,15H,7,10,12H2,1-2H3/t2*15-/m10/s1. The SMILES string of the molecule is COc1nc(-c2nc3n(n2)C[C@@H](c2ccccc2C(F)(F)F)CC3)ccc1-n1cnc(C)c1.COc1nc(-c2nc3n(n2)C[C@H](c2ccccc2C(F)(F)F)CC3)ccc1-n1cnc(C)c1. The minimum Gasteiger partial charge on any atom is -0.479 e. The molecule has 0 saturated heterocycles. The smallest absolute Gasteiger partial charge is 0.416 e. The van der Waals surface area contributed by atoms with E-state index in [9.17, 15) is 26.3 Å². The highest BCUT2D eigenvalue weighted by atomic mass is 19.4. The lowest BCUT2D eigenvalue weighted by Crippen LogP contribution is -2.22. The highest BCUT2D eigenvalue weighted by Gasteiger charge is 2.38. The molecule has 2 atom stereocenters. The van der Waals surface area contributed by atoms with Crippen LogP contribution in [-0.2, 0) is 38.3 Å². The van der Waals surface area contributed by atoms with Crippen LogP contribution in [0.4, 0.5) is 26.3 Å². The molecular formula is C46H42F6N12O2. The van der Waals surface area contributed by atoms with Crippen molar-refractivity contribution in [2.24, 2.45) is 0 Å². The summed E-state index contributed by atoms with van der Waals surface area (Å²) < 4.78 is 98.9. The van der Waals surface area contributed by atoms with Gasteiger partial charge in [-0.15, -0.1) is 10.2 Å². The van der Waals surface area contributed by atoms with E-state index in [1.165, 1.54) is 26.4 Å². The molecule has 0 fully saturated rings. The first kappa shape index (κ1) is 43.9. The third-order valence-electron chi connectivity index (χ3n) is 11.6. The van der Waals surface area contributed by atoms with Crippen LogP contribution in [-0.4, -0.2) is 72.8 Å². The maximum atomic E-state index is 13.5. The van der Waals surface area contributed by atoms with Crippen LogP contribution in [0.2, 0.25) is 0 Å². The lowest BCUT2D eigenvalue weighted by atomic mass is 9.88. The summed E-state index contributed by atoms with van der Waals surface area (Å²) in [5.41, 5.74) is 3.68. The Bertz CT molecular complexity index is 2820. The fourth-order valence-electron chi connectivity index (χ4n) is 8.48. The number of benzene rings is 2. The average molecular weight is 909 g/mol. The minimum absolute atomic E-state index is 0.292. The predicted molar refractivity (Wildman–Crippen MR) is 228 cm³/mol. The van der Waals surface area contributed by atoms with E-state index in [1.807, 2.05) is 47.5 Å². The number of imidazole rings is 2. The molecule has 2 aromatic carbocycles. The Kier molecular flexibility index (Phi) is 11.7. The summed E-state index contributed by atoms with van der Waals surface area (Å²) in [7, 11) is 3.07. The van der Waals surface area contributed by atoms with Gasteiger partial charge in [0.2, 0.25) is 11.8 Å². The van der Waals surface area contributed by atoms with Gasteiger partial charge in [-0.25, -0.2) is 39.3 Å². The maximum absolute atomic E-state index is 13.5. The number of hydrogen-bond acceptors (Lipinski definition) is 10. The van der Waals surface area contributed by atoms with Crippen LogP contribution in [0.25, 0.3) is 34.4 Å². The molecule has 8 heterocycles. The Hall–Kier alpha value is -7.38. The topological polar surface area (TPSA) is 141 Å². The molecule has 340 valence electrons. The Morgan fingerprint density at radius 2 is 0.955 bits per heavy atom. The van der Waals surface area contributed by atoms with Crippen molar-refractivity contribution in [1.29, 1.82) is 0 Å². The zero-order valence-electron chi connectivity index (χ0n) is 36.1. The van der Waals surface area contributed by atoms with Crippen LogP contribution in [0, 0.1) is 13.8 Å².